The van der Waals surface area contributed by atoms with Crippen LogP contribution in [-0.4, -0.2) is 22.5 Å². The van der Waals surface area contributed by atoms with E-state index in [-0.39, 0.29) is 11.6 Å². The molecule has 1 aromatic carbocycles. The van der Waals surface area contributed by atoms with Crippen molar-refractivity contribution in [1.29, 1.82) is 0 Å². The smallest absolute Gasteiger partial charge is 0.189 e. The number of carbonyl (C=O) groups excluding carboxylic acids is 2. The van der Waals surface area contributed by atoms with Crippen molar-refractivity contribution in [3.05, 3.63) is 47.0 Å². The number of ketones is 2. The second kappa shape index (κ2) is 5.52. The minimum Gasteiger partial charge on any atom is -0.289 e. The topological polar surface area (TPSA) is 34.1 Å². The molecule has 0 amide bonds. The fraction of sp³-hybridized carbons (Fsp3) is 0.231. The van der Waals surface area contributed by atoms with Gasteiger partial charge in [0.05, 0.1) is 5.21 Å². The van der Waals surface area contributed by atoms with Gasteiger partial charge >= 0.3 is 0 Å². The Kier molecular flexibility index (Phi) is 4.02. The van der Waals surface area contributed by atoms with Gasteiger partial charge in [-0.1, -0.05) is 24.3 Å². The van der Waals surface area contributed by atoms with Crippen LogP contribution in [0.4, 0.5) is 0 Å². The van der Waals surface area contributed by atoms with Crippen molar-refractivity contribution in [3.8, 4) is 0 Å². The molecule has 0 fully saturated rings. The van der Waals surface area contributed by atoms with Crippen molar-refractivity contribution >= 4 is 34.9 Å². The van der Waals surface area contributed by atoms with Crippen LogP contribution in [0.2, 0.25) is 0 Å². The van der Waals surface area contributed by atoms with Crippen LogP contribution in [0, 0.1) is 0 Å². The van der Waals surface area contributed by atoms with Gasteiger partial charge in [-0.15, -0.1) is 23.4 Å². The van der Waals surface area contributed by atoms with Gasteiger partial charge < -0.3 is 0 Å². The number of fused-ring (bicyclic) bond motifs is 1. The van der Waals surface area contributed by atoms with Gasteiger partial charge in [0.25, 0.3) is 0 Å². The fourth-order valence-corrected chi connectivity index (χ4v) is 2.59. The number of Topliss-reactive ketones (excluding diaryl/α,β-unsaturated/α-hetero) is 1. The highest BCUT2D eigenvalue weighted by Crippen LogP contribution is 2.24. The lowest BCUT2D eigenvalue weighted by Gasteiger charge is -2.14. The molecule has 1 aromatic rings. The average molecular weight is 267 g/mol. The van der Waals surface area contributed by atoms with Crippen LogP contribution in [0.3, 0.4) is 0 Å². The number of allylic oxidation sites excluding steroid dienone is 2. The summed E-state index contributed by atoms with van der Waals surface area (Å²) in [6, 6.07) is 6.94. The molecule has 0 spiro atoms. The van der Waals surface area contributed by atoms with Crippen molar-refractivity contribution in [3.63, 3.8) is 0 Å². The number of benzene rings is 1. The average Bonchev–Trinajstić information content (AvgIpc) is 2.36. The number of carbonyl (C=O) groups is 2. The van der Waals surface area contributed by atoms with E-state index in [1.54, 1.807) is 36.0 Å². The second-order valence-corrected chi connectivity index (χ2v) is 5.37. The minimum atomic E-state index is -0.0777. The zero-order valence-electron chi connectivity index (χ0n) is 9.11. The van der Waals surface area contributed by atoms with Gasteiger partial charge in [-0.2, -0.15) is 0 Å². The lowest BCUT2D eigenvalue weighted by atomic mass is 9.88. The van der Waals surface area contributed by atoms with Crippen molar-refractivity contribution in [2.75, 3.05) is 11.0 Å². The maximum atomic E-state index is 12.1. The third kappa shape index (κ3) is 2.61. The summed E-state index contributed by atoms with van der Waals surface area (Å²) in [5.74, 6) is 0.651. The summed E-state index contributed by atoms with van der Waals surface area (Å²) in [6.07, 6.45) is 2.05. The maximum absolute atomic E-state index is 12.1. The van der Waals surface area contributed by atoms with E-state index in [2.05, 4.69) is 0 Å². The van der Waals surface area contributed by atoms with Gasteiger partial charge in [0.15, 0.2) is 11.6 Å². The van der Waals surface area contributed by atoms with E-state index < -0.39 is 0 Å². The molecule has 0 aromatic heterocycles. The summed E-state index contributed by atoms with van der Waals surface area (Å²) in [6.45, 7) is 0. The molecule has 0 N–H and O–H groups in total. The van der Waals surface area contributed by atoms with Crippen molar-refractivity contribution < 1.29 is 9.59 Å². The molecule has 0 radical (unpaired) electrons. The Labute approximate surface area is 109 Å². The second-order valence-electron chi connectivity index (χ2n) is 3.68. The zero-order valence-corrected chi connectivity index (χ0v) is 10.7. The first-order valence-electron chi connectivity index (χ1n) is 5.26. The SMILES string of the molecule is O=C1C=C(CCSCCl)C(=O)c2ccccc21. The monoisotopic (exact) mass is 266 g/mol. The van der Waals surface area contributed by atoms with Gasteiger partial charge in [-0.3, -0.25) is 9.59 Å². The molecule has 1 aliphatic carbocycles. The van der Waals surface area contributed by atoms with Crippen molar-refractivity contribution in [2.24, 2.45) is 0 Å². The quantitative estimate of drug-likeness (QED) is 0.619. The maximum Gasteiger partial charge on any atom is 0.189 e. The summed E-state index contributed by atoms with van der Waals surface area (Å²) >= 11 is 7.10. The van der Waals surface area contributed by atoms with Gasteiger partial charge in [0.1, 0.15) is 0 Å². The predicted molar refractivity (Wildman–Crippen MR) is 71.0 cm³/mol. The van der Waals surface area contributed by atoms with Gasteiger partial charge in [0.2, 0.25) is 0 Å². The molecule has 0 aliphatic heterocycles. The normalized spacial score (nSPS) is 14.5. The summed E-state index contributed by atoms with van der Waals surface area (Å²) in [7, 11) is 0. The first kappa shape index (κ1) is 12.4. The van der Waals surface area contributed by atoms with Crippen molar-refractivity contribution in [1.82, 2.24) is 0 Å². The molecule has 2 rings (SSSR count). The lowest BCUT2D eigenvalue weighted by Crippen LogP contribution is -2.17. The molecule has 0 bridgehead atoms. The molecule has 0 atom stereocenters. The third-order valence-corrected chi connectivity index (χ3v) is 3.74. The van der Waals surface area contributed by atoms with E-state index in [4.69, 9.17) is 11.6 Å². The van der Waals surface area contributed by atoms with E-state index in [1.165, 1.54) is 6.08 Å². The van der Waals surface area contributed by atoms with Gasteiger partial charge in [-0.25, -0.2) is 0 Å². The number of alkyl halides is 1. The first-order valence-corrected chi connectivity index (χ1v) is 6.95. The predicted octanol–water partition coefficient (Wildman–Crippen LogP) is 3.31. The highest BCUT2D eigenvalue weighted by atomic mass is 35.5. The van der Waals surface area contributed by atoms with Crippen LogP contribution < -0.4 is 0 Å². The summed E-state index contributed by atoms with van der Waals surface area (Å²) in [4.78, 5) is 23.9. The van der Waals surface area contributed by atoms with E-state index in [9.17, 15) is 9.59 Å². The van der Waals surface area contributed by atoms with E-state index in [0.29, 0.717) is 28.3 Å². The van der Waals surface area contributed by atoms with Gasteiger partial charge in [-0.05, 0) is 18.2 Å². The minimum absolute atomic E-state index is 0.0321. The third-order valence-electron chi connectivity index (χ3n) is 2.63. The molecule has 0 saturated heterocycles. The Balaban J connectivity index is 2.23. The molecule has 0 saturated carbocycles. The molecule has 17 heavy (non-hydrogen) atoms. The van der Waals surface area contributed by atoms with Crippen LogP contribution in [0.5, 0.6) is 0 Å². The number of halogens is 1. The molecule has 0 unspecified atom stereocenters. The number of rotatable bonds is 4. The Morgan fingerprint density at radius 1 is 1.12 bits per heavy atom. The number of hydrogen-bond donors (Lipinski definition) is 0. The van der Waals surface area contributed by atoms with E-state index >= 15 is 0 Å². The number of hydrogen-bond acceptors (Lipinski definition) is 3. The van der Waals surface area contributed by atoms with Gasteiger partial charge in [0, 0.05) is 16.7 Å². The highest BCUT2D eigenvalue weighted by molar-refractivity contribution is 8.00. The largest absolute Gasteiger partial charge is 0.289 e. The fourth-order valence-electron chi connectivity index (χ4n) is 1.79. The molecule has 0 heterocycles. The Bertz CT molecular complexity index is 494. The Morgan fingerprint density at radius 3 is 2.53 bits per heavy atom. The van der Waals surface area contributed by atoms with Crippen LogP contribution >= 0.6 is 23.4 Å². The van der Waals surface area contributed by atoms with E-state index in [0.717, 1.165) is 5.75 Å². The molecule has 2 nitrogen and oxygen atoms in total. The Hall–Kier alpha value is -1.06. The lowest BCUT2D eigenvalue weighted by molar-refractivity contribution is 0.0982. The molecular weight excluding hydrogens is 256 g/mol. The molecule has 1 aliphatic rings. The molecule has 4 heteroatoms. The first-order chi connectivity index (χ1) is 8.24. The van der Waals surface area contributed by atoms with Crippen LogP contribution in [-0.2, 0) is 0 Å². The zero-order chi connectivity index (χ0) is 12.3. The van der Waals surface area contributed by atoms with Crippen LogP contribution in [0.1, 0.15) is 27.1 Å². The van der Waals surface area contributed by atoms with Crippen LogP contribution in [0.15, 0.2) is 35.9 Å². The Morgan fingerprint density at radius 2 is 1.82 bits per heavy atom. The summed E-state index contributed by atoms with van der Waals surface area (Å²) in [5.41, 5.74) is 1.61. The van der Waals surface area contributed by atoms with E-state index in [1.807, 2.05) is 0 Å². The standard InChI is InChI=1S/C13H11ClO2S/c14-8-17-6-5-9-7-12(15)10-3-1-2-4-11(10)13(9)16/h1-4,7H,5-6,8H2. The summed E-state index contributed by atoms with van der Waals surface area (Å²) < 4.78 is 0. The highest BCUT2D eigenvalue weighted by Gasteiger charge is 2.24. The van der Waals surface area contributed by atoms with Crippen LogP contribution in [0.25, 0.3) is 0 Å². The molecule has 88 valence electrons. The molecular formula is C13H11ClO2S. The number of thioether (sulfide) groups is 1. The summed E-state index contributed by atoms with van der Waals surface area (Å²) in [5, 5.41) is 0.506. The van der Waals surface area contributed by atoms with Crippen molar-refractivity contribution in [2.45, 2.75) is 6.42 Å².